The number of hydrogen-bond donors (Lipinski definition) is 10. The van der Waals surface area contributed by atoms with E-state index >= 15 is 0 Å². The van der Waals surface area contributed by atoms with Crippen LogP contribution >= 0.6 is 23.1 Å². The summed E-state index contributed by atoms with van der Waals surface area (Å²) in [5.41, 5.74) is 41.8. The Balaban J connectivity index is 0.0000000912. The Morgan fingerprint density at radius 3 is 1.18 bits per heavy atom. The number of hydrogen-bond acceptors (Lipinski definition) is 20. The van der Waals surface area contributed by atoms with Crippen molar-refractivity contribution < 1.29 is 17.9 Å². The monoisotopic (exact) mass is 1670 g/mol. The van der Waals surface area contributed by atoms with Gasteiger partial charge in [0.15, 0.2) is 15.0 Å². The molecule has 0 spiro atoms. The minimum atomic E-state index is -3.13. The number of anilines is 1. The van der Waals surface area contributed by atoms with Crippen LogP contribution in [0.3, 0.4) is 0 Å². The van der Waals surface area contributed by atoms with E-state index in [1.807, 2.05) is 86.2 Å². The first kappa shape index (κ1) is 74.6. The van der Waals surface area contributed by atoms with Crippen LogP contribution in [0.2, 0.25) is 0 Å². The van der Waals surface area contributed by atoms with Crippen LogP contribution in [-0.2, 0) is 72.7 Å². The standard InChI is InChI=1S/C20H16FN3O.C20H15N5S.C18H17N5.C17H15N5O2S.C17H15N5S/c21-16-9-11(25)5-6-14(16)20-13-4-2-1-3-12(13)19-15-10-22-24-17(15)7-8-18(19)23-20;21-20-24-15-5-4-10(8-17(15)26-20)19-12-3-1-2-11(12)18-13-9-22-25-14(13)6-7-16(18)23-19;1-10-13(8-19-22-10)18-12-5-3-2-4-11(12)17-14-9-20-23-15(14)6-7-16(17)21-18;1-9-11(6-18-21-9)17-13-8-25(23,24)5-4-10(13)16-12-7-19-22-14(12)2-3-15(16)20-17;1-9-11(6-18-21-9)17-13-8-23-5-4-10(13)16-12-7-19-22-14(12)2-3-15(16)20-17/h5-10,25H,1-4H2,(H,22,24);4-9H,1-3H2,(H2,21,24)(H,22,25);6-9H,2-5H2,1H3,(H,19,22)(H,20,23);2-3,6-7H,4-5,8H2,1H3,(H,18,21)(H,19,22);2-3,6-7H,4-5,8H2,1H3,(H,18,21)(H,19,22). The molecule has 21 aromatic rings. The number of rotatable bonds is 5. The normalized spacial score (nSPS) is 14.7. The van der Waals surface area contributed by atoms with Gasteiger partial charge < -0.3 is 10.8 Å². The molecule has 3 aliphatic carbocycles. The zero-order valence-electron chi connectivity index (χ0n) is 66.6. The molecular formula is C92H78FN23O3S3. The lowest BCUT2D eigenvalue weighted by Gasteiger charge is -2.22. The lowest BCUT2D eigenvalue weighted by atomic mass is 9.85. The van der Waals surface area contributed by atoms with E-state index in [1.165, 1.54) is 108 Å². The fourth-order valence-electron chi connectivity index (χ4n) is 19.2. The number of phenols is 1. The van der Waals surface area contributed by atoms with Crippen LogP contribution in [0.1, 0.15) is 105 Å². The third-order valence-electron chi connectivity index (χ3n) is 24.9. The predicted octanol–water partition coefficient (Wildman–Crippen LogP) is 18.5. The molecule has 0 atom stereocenters. The average Bonchev–Trinajstić information content (AvgIpc) is 1.81. The maximum Gasteiger partial charge on any atom is 0.181 e. The Labute approximate surface area is 702 Å². The number of H-pyrrole nitrogens is 8. The van der Waals surface area contributed by atoms with Gasteiger partial charge in [-0.2, -0.15) is 52.6 Å². The van der Waals surface area contributed by atoms with Crippen LogP contribution in [0.25, 0.3) is 176 Å². The molecular weight excluding hydrogens is 1590 g/mol. The molecule has 11 N–H and O–H groups in total. The number of nitrogens with two attached hydrogens (primary N) is 1. The first-order chi connectivity index (χ1) is 59.7. The van der Waals surface area contributed by atoms with Gasteiger partial charge in [0, 0.05) is 111 Å². The Bertz CT molecular complexity index is 7790. The van der Waals surface area contributed by atoms with Gasteiger partial charge >= 0.3 is 0 Å². The topological polar surface area (TPSA) is 387 Å². The van der Waals surface area contributed by atoms with Gasteiger partial charge in [-0.05, 0) is 251 Å². The molecule has 122 heavy (non-hydrogen) atoms. The van der Waals surface area contributed by atoms with Crippen molar-refractivity contribution in [1.82, 2.24) is 111 Å². The van der Waals surface area contributed by atoms with Gasteiger partial charge in [-0.1, -0.05) is 17.4 Å². The molecule has 5 aliphatic rings. The van der Waals surface area contributed by atoms with Crippen molar-refractivity contribution >= 4 is 157 Å². The van der Waals surface area contributed by atoms with Crippen LogP contribution in [0.5, 0.6) is 5.75 Å². The van der Waals surface area contributed by atoms with Crippen molar-refractivity contribution in [1.29, 1.82) is 0 Å². The number of thiazole rings is 1. The summed E-state index contributed by atoms with van der Waals surface area (Å²) in [6, 6.07) is 30.9. The van der Waals surface area contributed by atoms with Gasteiger partial charge in [-0.25, -0.2) is 42.7 Å². The number of aryl methyl sites for hydroxylation is 8. The Hall–Kier alpha value is -13.7. The Kier molecular flexibility index (Phi) is 18.3. The molecule has 16 heterocycles. The number of halogens is 1. The van der Waals surface area contributed by atoms with E-state index < -0.39 is 15.7 Å². The number of nitrogens with one attached hydrogen (secondary N) is 8. The minimum Gasteiger partial charge on any atom is -0.508 e. The highest BCUT2D eigenvalue weighted by atomic mass is 32.2. The minimum absolute atomic E-state index is 0.0134. The number of aromatic hydroxyl groups is 1. The van der Waals surface area contributed by atoms with Crippen molar-refractivity contribution in [3.05, 3.63) is 225 Å². The quantitative estimate of drug-likeness (QED) is 0.0765. The number of aromatic nitrogens is 22. The highest BCUT2D eigenvalue weighted by Gasteiger charge is 2.32. The number of nitrogens with zero attached hydrogens (tertiary/aromatic N) is 14. The molecule has 30 heteroatoms. The van der Waals surface area contributed by atoms with E-state index in [1.54, 1.807) is 18.5 Å². The fourth-order valence-corrected chi connectivity index (χ4v) is 22.4. The molecule has 604 valence electrons. The summed E-state index contributed by atoms with van der Waals surface area (Å²) >= 11 is 3.50. The summed E-state index contributed by atoms with van der Waals surface area (Å²) in [5, 5.41) is 79.2. The maximum absolute atomic E-state index is 14.5. The molecule has 0 fully saturated rings. The first-order valence-corrected chi connectivity index (χ1v) is 44.8. The molecule has 0 saturated carbocycles. The SMILES string of the molecule is Cc1[nH]ncc1-c1nc2ccc3[nH]ncc3c2c2c1CCCC2.Cc1[nH]ncc1-c1nc2ccc3[nH]ncc3c2c2c1CS(=O)(=O)CC2.Cc1[nH]ncc1-c1nc2ccc3[nH]ncc3c2c2c1CSCC2.Nc1nc2ccc(-c3nc4ccc5[nH]ncc5c4c4c3CCC4)cc2s1.Oc1ccc(-c2nc3ccc4[nH]ncc4c3c3c2CCCC3)c(F)c1. The predicted molar refractivity (Wildman–Crippen MR) is 480 cm³/mol. The smallest absolute Gasteiger partial charge is 0.181 e. The molecule has 14 aromatic heterocycles. The molecule has 0 radical (unpaired) electrons. The summed E-state index contributed by atoms with van der Waals surface area (Å²) in [7, 11) is -3.13. The number of thioether (sulfide) groups is 1. The van der Waals surface area contributed by atoms with E-state index in [9.17, 15) is 17.9 Å². The lowest BCUT2D eigenvalue weighted by Crippen LogP contribution is -2.20. The number of pyridine rings is 5. The molecule has 0 unspecified atom stereocenters. The van der Waals surface area contributed by atoms with Crippen molar-refractivity contribution in [2.75, 3.05) is 17.2 Å². The average molecular weight is 1670 g/mol. The molecule has 26 rings (SSSR count). The molecule has 0 saturated heterocycles. The fraction of sp³-hybridized carbons (Fsp3) is 0.217. The van der Waals surface area contributed by atoms with E-state index in [4.69, 9.17) is 30.7 Å². The van der Waals surface area contributed by atoms with E-state index in [0.717, 1.165) is 235 Å². The van der Waals surface area contributed by atoms with E-state index in [-0.39, 0.29) is 17.3 Å². The maximum atomic E-state index is 14.5. The second kappa shape index (κ2) is 29.9. The second-order valence-corrected chi connectivity index (χ2v) is 36.4. The van der Waals surface area contributed by atoms with Gasteiger partial charge in [0.2, 0.25) is 0 Å². The van der Waals surface area contributed by atoms with Gasteiger partial charge in [-0.3, -0.25) is 40.8 Å². The first-order valence-electron chi connectivity index (χ1n) is 41.0. The largest absolute Gasteiger partial charge is 0.508 e. The zero-order chi connectivity index (χ0) is 82.2. The number of aromatic amines is 8. The highest BCUT2D eigenvalue weighted by molar-refractivity contribution is 7.98. The van der Waals surface area contributed by atoms with Crippen LogP contribution in [0.4, 0.5) is 9.52 Å². The Morgan fingerprint density at radius 2 is 0.738 bits per heavy atom. The number of sulfone groups is 1. The van der Waals surface area contributed by atoms with Crippen LogP contribution in [-0.4, -0.2) is 137 Å². The van der Waals surface area contributed by atoms with Crippen LogP contribution in [0, 0.1) is 26.6 Å². The van der Waals surface area contributed by atoms with E-state index in [0.29, 0.717) is 28.5 Å². The third-order valence-corrected chi connectivity index (χ3v) is 28.3. The summed E-state index contributed by atoms with van der Waals surface area (Å²) in [4.78, 5) is 29.1. The number of benzene rings is 7. The molecule has 7 aromatic carbocycles. The highest BCUT2D eigenvalue weighted by Crippen LogP contribution is 2.46. The Morgan fingerprint density at radius 1 is 0.369 bits per heavy atom. The van der Waals surface area contributed by atoms with Crippen molar-refractivity contribution in [3.63, 3.8) is 0 Å². The third kappa shape index (κ3) is 12.8. The summed E-state index contributed by atoms with van der Waals surface area (Å²) in [6.07, 6.45) is 28.5. The molecule has 0 bridgehead atoms. The van der Waals surface area contributed by atoms with Crippen LogP contribution < -0.4 is 5.73 Å². The van der Waals surface area contributed by atoms with Crippen LogP contribution in [0.15, 0.2) is 147 Å². The molecule has 2 aliphatic heterocycles. The van der Waals surface area contributed by atoms with Crippen molar-refractivity contribution in [2.45, 2.75) is 116 Å². The summed E-state index contributed by atoms with van der Waals surface area (Å²) < 4.78 is 40.2. The van der Waals surface area contributed by atoms with Gasteiger partial charge in [0.1, 0.15) is 11.6 Å². The van der Waals surface area contributed by atoms with E-state index in [2.05, 4.69) is 149 Å². The number of fused-ring (bicyclic) bond motifs is 26. The van der Waals surface area contributed by atoms with Crippen molar-refractivity contribution in [2.24, 2.45) is 0 Å². The van der Waals surface area contributed by atoms with Gasteiger partial charge in [0.05, 0.1) is 155 Å². The molecule has 0 amide bonds. The number of phenolic OH excluding ortho intramolecular Hbond substituents is 1. The van der Waals surface area contributed by atoms with Gasteiger partial charge in [0.25, 0.3) is 0 Å². The molecule has 26 nitrogen and oxygen atoms in total. The number of nitrogen functional groups attached to an aromatic ring is 1. The lowest BCUT2D eigenvalue weighted by molar-refractivity contribution is 0.469. The van der Waals surface area contributed by atoms with Gasteiger partial charge in [-0.15, -0.1) is 0 Å². The summed E-state index contributed by atoms with van der Waals surface area (Å²) in [6.45, 7) is 6.02. The zero-order valence-corrected chi connectivity index (χ0v) is 69.0. The summed E-state index contributed by atoms with van der Waals surface area (Å²) in [5.74, 6) is 1.83. The second-order valence-electron chi connectivity index (χ2n) is 32.1. The van der Waals surface area contributed by atoms with Crippen molar-refractivity contribution in [3.8, 4) is 62.0 Å².